The van der Waals surface area contributed by atoms with E-state index in [-0.39, 0.29) is 11.9 Å². The maximum absolute atomic E-state index is 12.1. The van der Waals surface area contributed by atoms with Crippen molar-refractivity contribution in [1.29, 1.82) is 0 Å². The fraction of sp³-hybridized carbons (Fsp3) is 0.350. The zero-order chi connectivity index (χ0) is 16.1. The predicted octanol–water partition coefficient (Wildman–Crippen LogP) is 4.42. The Morgan fingerprint density at radius 2 is 1.64 bits per heavy atom. The lowest BCUT2D eigenvalue weighted by atomic mass is 10.00. The fourth-order valence-electron chi connectivity index (χ4n) is 2.72. The maximum Gasteiger partial charge on any atom is 0.220 e. The first-order valence-corrected chi connectivity index (χ1v) is 7.88. The third-order valence-corrected chi connectivity index (χ3v) is 4.03. The van der Waals surface area contributed by atoms with Crippen LogP contribution in [0.15, 0.2) is 42.5 Å². The summed E-state index contributed by atoms with van der Waals surface area (Å²) in [4.78, 5) is 12.1. The molecule has 0 bridgehead atoms. The number of rotatable bonds is 5. The Hall–Kier alpha value is -2.09. The first-order valence-electron chi connectivity index (χ1n) is 7.88. The molecule has 2 aromatic carbocycles. The second-order valence-electron chi connectivity index (χ2n) is 6.13. The van der Waals surface area contributed by atoms with Crippen LogP contribution in [0.4, 0.5) is 0 Å². The Bertz CT molecular complexity index is 643. The number of aryl methyl sites for hydroxylation is 4. The average molecular weight is 295 g/mol. The van der Waals surface area contributed by atoms with Crippen molar-refractivity contribution < 1.29 is 4.79 Å². The van der Waals surface area contributed by atoms with Gasteiger partial charge in [-0.25, -0.2) is 0 Å². The standard InChI is InChI=1S/C20H25NO/c1-14-5-8-18(9-6-14)10-12-20(22)21-17(4)19-11-7-15(2)13-16(19)3/h5-9,11,13,17H,10,12H2,1-4H3,(H,21,22). The van der Waals surface area contributed by atoms with Crippen LogP contribution in [0.25, 0.3) is 0 Å². The van der Waals surface area contributed by atoms with Crippen LogP contribution >= 0.6 is 0 Å². The topological polar surface area (TPSA) is 29.1 Å². The molecule has 0 aliphatic rings. The van der Waals surface area contributed by atoms with Crippen LogP contribution in [-0.4, -0.2) is 5.91 Å². The van der Waals surface area contributed by atoms with E-state index in [9.17, 15) is 4.79 Å². The van der Waals surface area contributed by atoms with Crippen molar-refractivity contribution in [3.8, 4) is 0 Å². The second-order valence-corrected chi connectivity index (χ2v) is 6.13. The molecule has 0 radical (unpaired) electrons. The van der Waals surface area contributed by atoms with E-state index in [4.69, 9.17) is 0 Å². The van der Waals surface area contributed by atoms with Crippen molar-refractivity contribution in [1.82, 2.24) is 5.32 Å². The molecule has 1 unspecified atom stereocenters. The lowest BCUT2D eigenvalue weighted by Gasteiger charge is -2.17. The number of hydrogen-bond acceptors (Lipinski definition) is 1. The number of amides is 1. The van der Waals surface area contributed by atoms with Gasteiger partial charge in [-0.2, -0.15) is 0 Å². The first kappa shape index (κ1) is 16.3. The van der Waals surface area contributed by atoms with E-state index < -0.39 is 0 Å². The molecule has 0 spiro atoms. The summed E-state index contributed by atoms with van der Waals surface area (Å²) in [7, 11) is 0. The maximum atomic E-state index is 12.1. The Labute approximate surface area is 133 Å². The molecular weight excluding hydrogens is 270 g/mol. The molecule has 2 rings (SSSR count). The van der Waals surface area contributed by atoms with Crippen LogP contribution in [0, 0.1) is 20.8 Å². The zero-order valence-corrected chi connectivity index (χ0v) is 13.9. The average Bonchev–Trinajstić information content (AvgIpc) is 2.46. The minimum atomic E-state index is 0.0473. The van der Waals surface area contributed by atoms with Crippen molar-refractivity contribution in [3.05, 3.63) is 70.3 Å². The van der Waals surface area contributed by atoms with Crippen LogP contribution in [-0.2, 0) is 11.2 Å². The highest BCUT2D eigenvalue weighted by molar-refractivity contribution is 5.76. The van der Waals surface area contributed by atoms with E-state index in [0.29, 0.717) is 6.42 Å². The van der Waals surface area contributed by atoms with Crippen LogP contribution in [0.2, 0.25) is 0 Å². The largest absolute Gasteiger partial charge is 0.350 e. The number of nitrogens with one attached hydrogen (secondary N) is 1. The highest BCUT2D eigenvalue weighted by atomic mass is 16.1. The third kappa shape index (κ3) is 4.45. The summed E-state index contributed by atoms with van der Waals surface area (Å²) in [6.45, 7) is 8.29. The molecule has 22 heavy (non-hydrogen) atoms. The molecule has 0 aromatic heterocycles. The Morgan fingerprint density at radius 1 is 1.00 bits per heavy atom. The van der Waals surface area contributed by atoms with Crippen LogP contribution < -0.4 is 5.32 Å². The minimum Gasteiger partial charge on any atom is -0.350 e. The van der Waals surface area contributed by atoms with E-state index in [0.717, 1.165) is 6.42 Å². The molecule has 1 amide bonds. The Balaban J connectivity index is 1.89. The lowest BCUT2D eigenvalue weighted by molar-refractivity contribution is -0.121. The van der Waals surface area contributed by atoms with Gasteiger partial charge in [0.2, 0.25) is 5.91 Å². The smallest absolute Gasteiger partial charge is 0.220 e. The summed E-state index contributed by atoms with van der Waals surface area (Å²) in [6.07, 6.45) is 1.31. The number of benzene rings is 2. The van der Waals surface area contributed by atoms with Gasteiger partial charge in [0.05, 0.1) is 6.04 Å². The van der Waals surface area contributed by atoms with Gasteiger partial charge >= 0.3 is 0 Å². The number of carbonyl (C=O) groups is 1. The van der Waals surface area contributed by atoms with Crippen molar-refractivity contribution in [2.24, 2.45) is 0 Å². The molecule has 2 aromatic rings. The van der Waals surface area contributed by atoms with Gasteiger partial charge in [-0.05, 0) is 50.8 Å². The van der Waals surface area contributed by atoms with Crippen LogP contribution in [0.3, 0.4) is 0 Å². The van der Waals surface area contributed by atoms with Gasteiger partial charge in [-0.3, -0.25) is 4.79 Å². The highest BCUT2D eigenvalue weighted by Gasteiger charge is 2.11. The SMILES string of the molecule is Cc1ccc(CCC(=O)NC(C)c2ccc(C)cc2C)cc1. The highest BCUT2D eigenvalue weighted by Crippen LogP contribution is 2.18. The monoisotopic (exact) mass is 295 g/mol. The van der Waals surface area contributed by atoms with Crippen LogP contribution in [0.5, 0.6) is 0 Å². The normalized spacial score (nSPS) is 12.0. The summed E-state index contributed by atoms with van der Waals surface area (Å²) in [5.74, 6) is 0.105. The molecule has 2 heteroatoms. The molecule has 116 valence electrons. The molecule has 0 heterocycles. The molecule has 0 fully saturated rings. The molecule has 0 saturated carbocycles. The van der Waals surface area contributed by atoms with Crippen molar-refractivity contribution >= 4 is 5.91 Å². The van der Waals surface area contributed by atoms with Crippen molar-refractivity contribution in [3.63, 3.8) is 0 Å². The predicted molar refractivity (Wildman–Crippen MR) is 92.0 cm³/mol. The van der Waals surface area contributed by atoms with Gasteiger partial charge in [-0.15, -0.1) is 0 Å². The first-order chi connectivity index (χ1) is 10.5. The van der Waals surface area contributed by atoms with E-state index in [1.165, 1.54) is 27.8 Å². The molecule has 0 saturated heterocycles. The minimum absolute atomic E-state index is 0.0473. The number of hydrogen-bond donors (Lipinski definition) is 1. The molecule has 2 nitrogen and oxygen atoms in total. The molecular formula is C20H25NO. The summed E-state index contributed by atoms with van der Waals surface area (Å²) in [5, 5.41) is 3.10. The van der Waals surface area contributed by atoms with Crippen LogP contribution in [0.1, 0.15) is 47.2 Å². The quantitative estimate of drug-likeness (QED) is 0.869. The van der Waals surface area contributed by atoms with E-state index in [2.05, 4.69) is 68.6 Å². The Kier molecular flexibility index (Phi) is 5.37. The van der Waals surface area contributed by atoms with Gasteiger partial charge in [0.25, 0.3) is 0 Å². The van der Waals surface area contributed by atoms with Crippen molar-refractivity contribution in [2.75, 3.05) is 0 Å². The van der Waals surface area contributed by atoms with Gasteiger partial charge in [-0.1, -0.05) is 53.6 Å². The summed E-state index contributed by atoms with van der Waals surface area (Å²) >= 11 is 0. The summed E-state index contributed by atoms with van der Waals surface area (Å²) in [5.41, 5.74) is 6.12. The Morgan fingerprint density at radius 3 is 2.27 bits per heavy atom. The van der Waals surface area contributed by atoms with Gasteiger partial charge in [0.1, 0.15) is 0 Å². The molecule has 1 N–H and O–H groups in total. The van der Waals surface area contributed by atoms with E-state index >= 15 is 0 Å². The van der Waals surface area contributed by atoms with E-state index in [1.807, 2.05) is 6.92 Å². The molecule has 1 atom stereocenters. The van der Waals surface area contributed by atoms with Gasteiger partial charge in [0, 0.05) is 6.42 Å². The van der Waals surface area contributed by atoms with E-state index in [1.54, 1.807) is 0 Å². The fourth-order valence-corrected chi connectivity index (χ4v) is 2.72. The zero-order valence-electron chi connectivity index (χ0n) is 13.9. The third-order valence-electron chi connectivity index (χ3n) is 4.03. The second kappa shape index (κ2) is 7.26. The summed E-state index contributed by atoms with van der Waals surface area (Å²) < 4.78 is 0. The number of carbonyl (C=O) groups excluding carboxylic acids is 1. The molecule has 0 aliphatic heterocycles. The van der Waals surface area contributed by atoms with Crippen molar-refractivity contribution in [2.45, 2.75) is 46.6 Å². The van der Waals surface area contributed by atoms with Gasteiger partial charge < -0.3 is 5.32 Å². The lowest BCUT2D eigenvalue weighted by Crippen LogP contribution is -2.27. The summed E-state index contributed by atoms with van der Waals surface area (Å²) in [6, 6.07) is 14.8. The molecule has 0 aliphatic carbocycles. The van der Waals surface area contributed by atoms with Gasteiger partial charge in [0.15, 0.2) is 0 Å².